The Labute approximate surface area is 121 Å². The van der Waals surface area contributed by atoms with Gasteiger partial charge in [-0.1, -0.05) is 0 Å². The molecule has 7 heteroatoms. The highest BCUT2D eigenvalue weighted by molar-refractivity contribution is 5.92. The Bertz CT molecular complexity index is 679. The first-order valence-corrected chi connectivity index (χ1v) is 6.26. The molecule has 0 saturated carbocycles. The SMILES string of the molecule is Cc1cnc(CNC(=O)Nc2ccc(C(=O)O)c(C)c2)o1. The summed E-state index contributed by atoms with van der Waals surface area (Å²) in [7, 11) is 0. The maximum absolute atomic E-state index is 11.7. The number of carboxylic acids is 1. The van der Waals surface area contributed by atoms with Crippen molar-refractivity contribution >= 4 is 17.7 Å². The second-order valence-corrected chi connectivity index (χ2v) is 4.51. The van der Waals surface area contributed by atoms with Gasteiger partial charge in [-0.2, -0.15) is 0 Å². The van der Waals surface area contributed by atoms with Crippen molar-refractivity contribution < 1.29 is 19.1 Å². The summed E-state index contributed by atoms with van der Waals surface area (Å²) in [6.45, 7) is 3.61. The van der Waals surface area contributed by atoms with Crippen molar-refractivity contribution in [3.63, 3.8) is 0 Å². The zero-order chi connectivity index (χ0) is 15.4. The molecule has 1 heterocycles. The standard InChI is InChI=1S/C14H15N3O4/c1-8-5-10(3-4-11(8)13(18)19)17-14(20)16-7-12-15-6-9(2)21-12/h3-6H,7H2,1-2H3,(H,18,19)(H2,16,17,20). The Balaban J connectivity index is 1.93. The summed E-state index contributed by atoms with van der Waals surface area (Å²) in [6.07, 6.45) is 1.57. The van der Waals surface area contributed by atoms with Gasteiger partial charge in [-0.05, 0) is 37.6 Å². The number of carbonyl (C=O) groups excluding carboxylic acids is 1. The van der Waals surface area contributed by atoms with Crippen LogP contribution >= 0.6 is 0 Å². The molecule has 0 aliphatic heterocycles. The van der Waals surface area contributed by atoms with E-state index in [4.69, 9.17) is 9.52 Å². The molecule has 3 N–H and O–H groups in total. The molecule has 2 aromatic rings. The Morgan fingerprint density at radius 2 is 2.10 bits per heavy atom. The first-order chi connectivity index (χ1) is 9.95. The minimum absolute atomic E-state index is 0.172. The van der Waals surface area contributed by atoms with E-state index in [1.807, 2.05) is 0 Å². The van der Waals surface area contributed by atoms with Crippen LogP contribution in [0.4, 0.5) is 10.5 Å². The molecule has 0 unspecified atom stereocenters. The van der Waals surface area contributed by atoms with E-state index in [1.165, 1.54) is 12.1 Å². The highest BCUT2D eigenvalue weighted by Gasteiger charge is 2.09. The lowest BCUT2D eigenvalue weighted by Gasteiger charge is -2.08. The first-order valence-electron chi connectivity index (χ1n) is 6.26. The smallest absolute Gasteiger partial charge is 0.335 e. The fourth-order valence-electron chi connectivity index (χ4n) is 1.80. The lowest BCUT2D eigenvalue weighted by atomic mass is 10.1. The number of carboxylic acid groups (broad SMARTS) is 1. The van der Waals surface area contributed by atoms with Crippen molar-refractivity contribution in [1.29, 1.82) is 0 Å². The summed E-state index contributed by atoms with van der Waals surface area (Å²) in [5.41, 5.74) is 1.29. The largest absolute Gasteiger partial charge is 0.478 e. The molecule has 21 heavy (non-hydrogen) atoms. The molecule has 1 aromatic heterocycles. The zero-order valence-electron chi connectivity index (χ0n) is 11.6. The van der Waals surface area contributed by atoms with E-state index in [9.17, 15) is 9.59 Å². The third-order valence-corrected chi connectivity index (χ3v) is 2.78. The van der Waals surface area contributed by atoms with Crippen LogP contribution in [-0.4, -0.2) is 22.1 Å². The fourth-order valence-corrected chi connectivity index (χ4v) is 1.80. The van der Waals surface area contributed by atoms with Gasteiger partial charge in [0, 0.05) is 5.69 Å². The van der Waals surface area contributed by atoms with Gasteiger partial charge < -0.3 is 20.2 Å². The number of amides is 2. The summed E-state index contributed by atoms with van der Waals surface area (Å²) in [6, 6.07) is 4.15. The van der Waals surface area contributed by atoms with Crippen LogP contribution in [-0.2, 0) is 6.54 Å². The number of aryl methyl sites for hydroxylation is 2. The summed E-state index contributed by atoms with van der Waals surface area (Å²) in [5, 5.41) is 14.1. The lowest BCUT2D eigenvalue weighted by molar-refractivity contribution is 0.0696. The van der Waals surface area contributed by atoms with Gasteiger partial charge in [-0.25, -0.2) is 14.6 Å². The Morgan fingerprint density at radius 1 is 1.33 bits per heavy atom. The number of benzene rings is 1. The number of aromatic nitrogens is 1. The monoisotopic (exact) mass is 289 g/mol. The Hall–Kier alpha value is -2.83. The molecule has 0 fully saturated rings. The number of hydrogen-bond acceptors (Lipinski definition) is 4. The summed E-state index contributed by atoms with van der Waals surface area (Å²) in [4.78, 5) is 26.6. The van der Waals surface area contributed by atoms with Crippen LogP contribution < -0.4 is 10.6 Å². The normalized spacial score (nSPS) is 10.2. The Morgan fingerprint density at radius 3 is 2.67 bits per heavy atom. The van der Waals surface area contributed by atoms with Crippen LogP contribution in [0.1, 0.15) is 27.6 Å². The van der Waals surface area contributed by atoms with E-state index in [0.717, 1.165) is 0 Å². The maximum atomic E-state index is 11.7. The average molecular weight is 289 g/mol. The van der Waals surface area contributed by atoms with E-state index < -0.39 is 12.0 Å². The van der Waals surface area contributed by atoms with Crippen LogP contribution in [0.3, 0.4) is 0 Å². The number of anilines is 1. The van der Waals surface area contributed by atoms with E-state index in [-0.39, 0.29) is 12.1 Å². The molecule has 0 aliphatic rings. The molecule has 2 amide bonds. The number of nitrogens with zero attached hydrogens (tertiary/aromatic N) is 1. The maximum Gasteiger partial charge on any atom is 0.335 e. The van der Waals surface area contributed by atoms with E-state index in [2.05, 4.69) is 15.6 Å². The third-order valence-electron chi connectivity index (χ3n) is 2.78. The van der Waals surface area contributed by atoms with Gasteiger partial charge >= 0.3 is 12.0 Å². The van der Waals surface area contributed by atoms with Gasteiger partial charge in [0.05, 0.1) is 18.3 Å². The predicted octanol–water partition coefficient (Wildman–Crippen LogP) is 2.31. The third kappa shape index (κ3) is 3.82. The number of carbonyl (C=O) groups is 2. The lowest BCUT2D eigenvalue weighted by Crippen LogP contribution is -2.28. The number of urea groups is 1. The highest BCUT2D eigenvalue weighted by Crippen LogP contribution is 2.15. The minimum Gasteiger partial charge on any atom is -0.478 e. The van der Waals surface area contributed by atoms with Crippen LogP contribution in [0.15, 0.2) is 28.8 Å². The van der Waals surface area contributed by atoms with Crippen LogP contribution in [0.2, 0.25) is 0 Å². The van der Waals surface area contributed by atoms with Gasteiger partial charge in [-0.15, -0.1) is 0 Å². The van der Waals surface area contributed by atoms with E-state index in [1.54, 1.807) is 26.1 Å². The topological polar surface area (TPSA) is 104 Å². The minimum atomic E-state index is -0.997. The molecule has 1 aromatic carbocycles. The van der Waals surface area contributed by atoms with E-state index in [0.29, 0.717) is 22.9 Å². The second kappa shape index (κ2) is 6.08. The van der Waals surface area contributed by atoms with Gasteiger partial charge in [-0.3, -0.25) is 0 Å². The van der Waals surface area contributed by atoms with Crippen LogP contribution in [0.25, 0.3) is 0 Å². The fraction of sp³-hybridized carbons (Fsp3) is 0.214. The van der Waals surface area contributed by atoms with Crippen LogP contribution in [0.5, 0.6) is 0 Å². The molecule has 0 aliphatic carbocycles. The second-order valence-electron chi connectivity index (χ2n) is 4.51. The van der Waals surface area contributed by atoms with Gasteiger partial charge in [0.1, 0.15) is 5.76 Å². The number of oxazole rings is 1. The molecule has 0 bridgehead atoms. The number of nitrogens with one attached hydrogen (secondary N) is 2. The average Bonchev–Trinajstić information content (AvgIpc) is 2.82. The first kappa shape index (κ1) is 14.6. The Kier molecular flexibility index (Phi) is 4.22. The summed E-state index contributed by atoms with van der Waals surface area (Å²) >= 11 is 0. The van der Waals surface area contributed by atoms with Gasteiger partial charge in [0.15, 0.2) is 0 Å². The highest BCUT2D eigenvalue weighted by atomic mass is 16.4. The molecular weight excluding hydrogens is 274 g/mol. The molecule has 0 saturated heterocycles. The molecule has 0 spiro atoms. The molecule has 0 radical (unpaired) electrons. The van der Waals surface area contributed by atoms with Gasteiger partial charge in [0.2, 0.25) is 5.89 Å². The van der Waals surface area contributed by atoms with Crippen molar-refractivity contribution in [2.75, 3.05) is 5.32 Å². The van der Waals surface area contributed by atoms with E-state index >= 15 is 0 Å². The molecule has 0 atom stereocenters. The van der Waals surface area contributed by atoms with Crippen molar-refractivity contribution in [3.05, 3.63) is 47.2 Å². The molecule has 2 rings (SSSR count). The number of hydrogen-bond donors (Lipinski definition) is 3. The quantitative estimate of drug-likeness (QED) is 0.801. The van der Waals surface area contributed by atoms with Crippen molar-refractivity contribution in [1.82, 2.24) is 10.3 Å². The molecule has 7 nitrogen and oxygen atoms in total. The van der Waals surface area contributed by atoms with Crippen molar-refractivity contribution in [2.24, 2.45) is 0 Å². The molecular formula is C14H15N3O4. The predicted molar refractivity (Wildman–Crippen MR) is 75.2 cm³/mol. The zero-order valence-corrected chi connectivity index (χ0v) is 11.6. The number of aromatic carboxylic acids is 1. The molecule has 110 valence electrons. The van der Waals surface area contributed by atoms with Gasteiger partial charge in [0.25, 0.3) is 0 Å². The van der Waals surface area contributed by atoms with Crippen molar-refractivity contribution in [2.45, 2.75) is 20.4 Å². The number of rotatable bonds is 4. The summed E-state index contributed by atoms with van der Waals surface area (Å²) in [5.74, 6) is 0.0925. The van der Waals surface area contributed by atoms with Crippen molar-refractivity contribution in [3.8, 4) is 0 Å². The van der Waals surface area contributed by atoms with Crippen LogP contribution in [0, 0.1) is 13.8 Å². The summed E-state index contributed by atoms with van der Waals surface area (Å²) < 4.78 is 5.23.